The van der Waals surface area contributed by atoms with E-state index in [-0.39, 0.29) is 0 Å². The van der Waals surface area contributed by atoms with E-state index in [1.807, 2.05) is 16.8 Å². The van der Waals surface area contributed by atoms with E-state index in [1.165, 1.54) is 0 Å². The highest BCUT2D eigenvalue weighted by Gasteiger charge is 2.22. The molecule has 1 aliphatic heterocycles. The van der Waals surface area contributed by atoms with Crippen LogP contribution >= 0.6 is 0 Å². The number of aryl methyl sites for hydroxylation is 1. The molecule has 4 rings (SSSR count). The van der Waals surface area contributed by atoms with Crippen molar-refractivity contribution in [2.45, 2.75) is 32.2 Å². The Morgan fingerprint density at radius 2 is 2.04 bits per heavy atom. The molecule has 1 unspecified atom stereocenters. The summed E-state index contributed by atoms with van der Waals surface area (Å²) < 4.78 is 1.98. The standard InChI is InChI=1S/C17H21N7/c1-2-13-10-15(21-12-20-13)24-7-3-4-14(11-24)22-16-17-19-6-9-23(17)8-5-18-16/h5-6,8-10,12,14H,2-4,7,11H2,1H3,(H,18,22). The van der Waals surface area contributed by atoms with Gasteiger partial charge in [-0.05, 0) is 19.3 Å². The maximum absolute atomic E-state index is 4.46. The molecule has 7 nitrogen and oxygen atoms in total. The van der Waals surface area contributed by atoms with E-state index >= 15 is 0 Å². The Bertz CT molecular complexity index is 828. The third-order valence-corrected chi connectivity index (χ3v) is 4.47. The van der Waals surface area contributed by atoms with Crippen LogP contribution in [0.4, 0.5) is 11.6 Å². The van der Waals surface area contributed by atoms with Gasteiger partial charge < -0.3 is 14.6 Å². The third kappa shape index (κ3) is 2.89. The summed E-state index contributed by atoms with van der Waals surface area (Å²) in [7, 11) is 0. The summed E-state index contributed by atoms with van der Waals surface area (Å²) in [6.45, 7) is 4.05. The predicted molar refractivity (Wildman–Crippen MR) is 93.3 cm³/mol. The Morgan fingerprint density at radius 1 is 1.17 bits per heavy atom. The van der Waals surface area contributed by atoms with Crippen molar-refractivity contribution in [3.63, 3.8) is 0 Å². The molecule has 0 bridgehead atoms. The Balaban J connectivity index is 1.51. The lowest BCUT2D eigenvalue weighted by atomic mass is 10.1. The molecule has 0 aromatic carbocycles. The molecule has 0 saturated carbocycles. The van der Waals surface area contributed by atoms with Gasteiger partial charge in [0.05, 0.1) is 0 Å². The van der Waals surface area contributed by atoms with Crippen molar-refractivity contribution in [1.82, 2.24) is 24.3 Å². The maximum atomic E-state index is 4.46. The van der Waals surface area contributed by atoms with Gasteiger partial charge in [-0.2, -0.15) is 0 Å². The summed E-state index contributed by atoms with van der Waals surface area (Å²) in [4.78, 5) is 19.9. The van der Waals surface area contributed by atoms with Crippen LogP contribution in [0.3, 0.4) is 0 Å². The van der Waals surface area contributed by atoms with Crippen molar-refractivity contribution in [2.24, 2.45) is 0 Å². The Morgan fingerprint density at radius 3 is 2.92 bits per heavy atom. The van der Waals surface area contributed by atoms with Crippen molar-refractivity contribution in [1.29, 1.82) is 0 Å². The summed E-state index contributed by atoms with van der Waals surface area (Å²) >= 11 is 0. The van der Waals surface area contributed by atoms with Gasteiger partial charge in [0.25, 0.3) is 0 Å². The summed E-state index contributed by atoms with van der Waals surface area (Å²) in [5, 5.41) is 3.56. The molecule has 3 aromatic rings. The van der Waals surface area contributed by atoms with Gasteiger partial charge in [-0.1, -0.05) is 6.92 Å². The third-order valence-electron chi connectivity index (χ3n) is 4.47. The minimum atomic E-state index is 0.328. The number of piperidine rings is 1. The van der Waals surface area contributed by atoms with E-state index in [4.69, 9.17) is 0 Å². The van der Waals surface area contributed by atoms with Crippen molar-refractivity contribution in [2.75, 3.05) is 23.3 Å². The van der Waals surface area contributed by atoms with Crippen molar-refractivity contribution in [3.05, 3.63) is 42.9 Å². The minimum absolute atomic E-state index is 0.328. The fourth-order valence-electron chi connectivity index (χ4n) is 3.20. The van der Waals surface area contributed by atoms with Crippen LogP contribution in [0.1, 0.15) is 25.5 Å². The van der Waals surface area contributed by atoms with E-state index in [1.54, 1.807) is 18.7 Å². The first kappa shape index (κ1) is 14.9. The van der Waals surface area contributed by atoms with Gasteiger partial charge in [0.1, 0.15) is 12.1 Å². The summed E-state index contributed by atoms with van der Waals surface area (Å²) in [6, 6.07) is 2.42. The Kier molecular flexibility index (Phi) is 3.98. The van der Waals surface area contributed by atoms with Crippen molar-refractivity contribution in [3.8, 4) is 0 Å². The van der Waals surface area contributed by atoms with Gasteiger partial charge in [0.2, 0.25) is 0 Å². The molecule has 0 spiro atoms. The number of imidazole rings is 1. The molecule has 0 radical (unpaired) electrons. The minimum Gasteiger partial charge on any atom is -0.362 e. The highest BCUT2D eigenvalue weighted by Crippen LogP contribution is 2.21. The fraction of sp³-hybridized carbons (Fsp3) is 0.412. The molecule has 1 fully saturated rings. The Hall–Kier alpha value is -2.70. The molecule has 3 aromatic heterocycles. The van der Waals surface area contributed by atoms with Crippen LogP contribution in [0.2, 0.25) is 0 Å². The lowest BCUT2D eigenvalue weighted by Gasteiger charge is -2.34. The van der Waals surface area contributed by atoms with Crippen LogP contribution < -0.4 is 10.2 Å². The van der Waals surface area contributed by atoms with Gasteiger partial charge in [0.15, 0.2) is 11.5 Å². The van der Waals surface area contributed by atoms with E-state index in [9.17, 15) is 0 Å². The zero-order chi connectivity index (χ0) is 16.4. The molecule has 24 heavy (non-hydrogen) atoms. The number of anilines is 2. The first-order chi connectivity index (χ1) is 11.8. The van der Waals surface area contributed by atoms with Gasteiger partial charge in [-0.3, -0.25) is 0 Å². The smallest absolute Gasteiger partial charge is 0.180 e. The van der Waals surface area contributed by atoms with Crippen LogP contribution in [0, 0.1) is 0 Å². The quantitative estimate of drug-likeness (QED) is 0.793. The molecule has 1 aliphatic rings. The van der Waals surface area contributed by atoms with Gasteiger partial charge in [0, 0.05) is 55.7 Å². The van der Waals surface area contributed by atoms with Gasteiger partial charge >= 0.3 is 0 Å². The van der Waals surface area contributed by atoms with Crippen LogP contribution in [0.15, 0.2) is 37.2 Å². The predicted octanol–water partition coefficient (Wildman–Crippen LogP) is 2.16. The highest BCUT2D eigenvalue weighted by molar-refractivity contribution is 5.62. The highest BCUT2D eigenvalue weighted by atomic mass is 15.2. The second kappa shape index (κ2) is 6.43. The van der Waals surface area contributed by atoms with Crippen LogP contribution in [0.25, 0.3) is 5.65 Å². The van der Waals surface area contributed by atoms with E-state index in [0.29, 0.717) is 6.04 Å². The van der Waals surface area contributed by atoms with Crippen molar-refractivity contribution < 1.29 is 0 Å². The summed E-state index contributed by atoms with van der Waals surface area (Å²) in [5.41, 5.74) is 1.95. The molecule has 1 saturated heterocycles. The monoisotopic (exact) mass is 323 g/mol. The lowest BCUT2D eigenvalue weighted by molar-refractivity contribution is 0.525. The molecule has 7 heteroatoms. The van der Waals surface area contributed by atoms with Gasteiger partial charge in [-0.15, -0.1) is 0 Å². The zero-order valence-electron chi connectivity index (χ0n) is 13.8. The SMILES string of the molecule is CCc1cc(N2CCCC(Nc3nccn4ccnc34)C2)ncn1. The lowest BCUT2D eigenvalue weighted by Crippen LogP contribution is -2.42. The molecule has 124 valence electrons. The fourth-order valence-corrected chi connectivity index (χ4v) is 3.20. The Labute approximate surface area is 140 Å². The van der Waals surface area contributed by atoms with E-state index in [2.05, 4.69) is 43.1 Å². The van der Waals surface area contributed by atoms with E-state index < -0.39 is 0 Å². The average molecular weight is 323 g/mol. The van der Waals surface area contributed by atoms with E-state index in [0.717, 1.165) is 55.3 Å². The number of nitrogens with zero attached hydrogens (tertiary/aromatic N) is 6. The maximum Gasteiger partial charge on any atom is 0.180 e. The van der Waals surface area contributed by atoms with Crippen LogP contribution in [0.5, 0.6) is 0 Å². The van der Waals surface area contributed by atoms with Gasteiger partial charge in [-0.25, -0.2) is 19.9 Å². The molecule has 1 atom stereocenters. The molecular weight excluding hydrogens is 302 g/mol. The summed E-state index contributed by atoms with van der Waals surface area (Å²) in [5.74, 6) is 1.85. The largest absolute Gasteiger partial charge is 0.362 e. The first-order valence-corrected chi connectivity index (χ1v) is 8.43. The molecule has 0 aliphatic carbocycles. The number of aromatic nitrogens is 5. The number of hydrogen-bond donors (Lipinski definition) is 1. The first-order valence-electron chi connectivity index (χ1n) is 8.43. The number of hydrogen-bond acceptors (Lipinski definition) is 6. The number of fused-ring (bicyclic) bond motifs is 1. The second-order valence-electron chi connectivity index (χ2n) is 6.08. The van der Waals surface area contributed by atoms with Crippen LogP contribution in [-0.4, -0.2) is 43.5 Å². The number of rotatable bonds is 4. The molecule has 4 heterocycles. The number of nitrogens with one attached hydrogen (secondary N) is 1. The second-order valence-corrected chi connectivity index (χ2v) is 6.08. The van der Waals surface area contributed by atoms with Crippen LogP contribution in [-0.2, 0) is 6.42 Å². The van der Waals surface area contributed by atoms with Crippen molar-refractivity contribution >= 4 is 17.3 Å². The molecule has 0 amide bonds. The molecule has 1 N–H and O–H groups in total. The summed E-state index contributed by atoms with van der Waals surface area (Å²) in [6.07, 6.45) is 12.3. The normalized spacial score (nSPS) is 18.0. The molecular formula is C17H21N7. The topological polar surface area (TPSA) is 71.2 Å². The zero-order valence-corrected chi connectivity index (χ0v) is 13.8. The average Bonchev–Trinajstić information content (AvgIpc) is 3.12.